The third-order valence-corrected chi connectivity index (χ3v) is 2.81. The summed E-state index contributed by atoms with van der Waals surface area (Å²) in [7, 11) is 0. The van der Waals surface area contributed by atoms with Gasteiger partial charge in [0.05, 0.1) is 23.5 Å². The summed E-state index contributed by atoms with van der Waals surface area (Å²) in [5.74, 6) is -0.498. The number of nitrogens with two attached hydrogens (primary N) is 1. The lowest BCUT2D eigenvalue weighted by atomic mass is 9.91. The van der Waals surface area contributed by atoms with Crippen molar-refractivity contribution in [2.75, 3.05) is 6.61 Å². The average molecular weight is 236 g/mol. The molecule has 1 aliphatic rings. The highest BCUT2D eigenvalue weighted by Gasteiger charge is 2.26. The Morgan fingerprint density at radius 3 is 2.81 bits per heavy atom. The summed E-state index contributed by atoms with van der Waals surface area (Å²) in [5, 5.41) is 8.95. The normalized spacial score (nSPS) is 16.2. The zero-order valence-electron chi connectivity index (χ0n) is 9.16. The Hall–Kier alpha value is -1.67. The van der Waals surface area contributed by atoms with Crippen molar-refractivity contribution in [1.29, 1.82) is 5.26 Å². The Bertz CT molecular complexity index is 455. The summed E-state index contributed by atoms with van der Waals surface area (Å²) in [6.07, 6.45) is 0.275. The van der Waals surface area contributed by atoms with E-state index in [2.05, 4.69) is 0 Å². The van der Waals surface area contributed by atoms with E-state index in [0.717, 1.165) is 0 Å². The summed E-state index contributed by atoms with van der Waals surface area (Å²) in [4.78, 5) is 12.1. The topological polar surface area (TPSA) is 76.1 Å². The van der Waals surface area contributed by atoms with Gasteiger partial charge in [-0.15, -0.1) is 0 Å². The monoisotopic (exact) mass is 236 g/mol. The number of rotatable bonds is 2. The molecule has 0 aliphatic heterocycles. The molecule has 0 aromatic heterocycles. The maximum Gasteiger partial charge on any atom is 0.336 e. The van der Waals surface area contributed by atoms with Crippen LogP contribution in [0.15, 0.2) is 22.4 Å². The van der Waals surface area contributed by atoms with Crippen LogP contribution in [-0.2, 0) is 9.53 Å². The summed E-state index contributed by atoms with van der Waals surface area (Å²) >= 11 is 5.10. The van der Waals surface area contributed by atoms with Gasteiger partial charge in [0.2, 0.25) is 0 Å². The zero-order chi connectivity index (χ0) is 12.3. The number of allylic oxidation sites excluding steroid dienone is 2. The number of carbonyl (C=O) groups is 1. The number of hydrogen-bond donors (Lipinski definition) is 1. The quantitative estimate of drug-likeness (QED) is 0.579. The summed E-state index contributed by atoms with van der Waals surface area (Å²) in [6.45, 7) is 3.71. The van der Waals surface area contributed by atoms with Gasteiger partial charge in [0, 0.05) is 11.3 Å². The van der Waals surface area contributed by atoms with Crippen LogP contribution in [0.4, 0.5) is 0 Å². The summed E-state index contributed by atoms with van der Waals surface area (Å²) in [6, 6.07) is 1.96. The Balaban J connectivity index is 3.21. The van der Waals surface area contributed by atoms with Crippen molar-refractivity contribution in [1.82, 2.24) is 0 Å². The molecule has 1 rings (SSSR count). The largest absolute Gasteiger partial charge is 0.463 e. The van der Waals surface area contributed by atoms with Crippen molar-refractivity contribution in [3.63, 3.8) is 0 Å². The van der Waals surface area contributed by atoms with Crippen LogP contribution in [0.25, 0.3) is 0 Å². The molecular weight excluding hydrogens is 224 g/mol. The molecule has 5 heteroatoms. The van der Waals surface area contributed by atoms with E-state index in [1.165, 1.54) is 0 Å². The molecule has 0 bridgehead atoms. The zero-order valence-corrected chi connectivity index (χ0v) is 9.98. The Kier molecular flexibility index (Phi) is 3.80. The van der Waals surface area contributed by atoms with E-state index in [9.17, 15) is 4.79 Å². The number of carbonyl (C=O) groups excluding carboxylic acids is 1. The number of ether oxygens (including phenoxy) is 1. The van der Waals surface area contributed by atoms with Crippen LogP contribution in [0, 0.1) is 11.3 Å². The first-order chi connectivity index (χ1) is 7.52. The predicted molar refractivity (Wildman–Crippen MR) is 63.4 cm³/mol. The van der Waals surface area contributed by atoms with Gasteiger partial charge < -0.3 is 10.5 Å². The van der Waals surface area contributed by atoms with E-state index in [0.29, 0.717) is 10.4 Å². The van der Waals surface area contributed by atoms with Crippen LogP contribution < -0.4 is 5.73 Å². The molecule has 0 unspecified atom stereocenters. The molecular formula is C11H12N2O2S. The van der Waals surface area contributed by atoms with Gasteiger partial charge in [-0.05, 0) is 19.4 Å². The smallest absolute Gasteiger partial charge is 0.336 e. The molecule has 0 heterocycles. The Morgan fingerprint density at radius 1 is 1.69 bits per heavy atom. The fraction of sp³-hybridized carbons (Fsp3) is 0.364. The summed E-state index contributed by atoms with van der Waals surface area (Å²) < 4.78 is 4.86. The van der Waals surface area contributed by atoms with Crippen LogP contribution in [0.3, 0.4) is 0 Å². The second kappa shape index (κ2) is 4.90. The number of nitriles is 1. The SMILES string of the molecule is CCOC(=O)C1=C(N)C(C#N)=C(C)C(=S)C1. The van der Waals surface area contributed by atoms with Gasteiger partial charge in [0.15, 0.2) is 0 Å². The maximum absolute atomic E-state index is 11.6. The average Bonchev–Trinajstić information content (AvgIpc) is 2.24. The molecule has 4 nitrogen and oxygen atoms in total. The van der Waals surface area contributed by atoms with Crippen molar-refractivity contribution in [3.8, 4) is 6.07 Å². The van der Waals surface area contributed by atoms with Crippen LogP contribution in [0.1, 0.15) is 20.3 Å². The highest BCUT2D eigenvalue weighted by atomic mass is 32.1. The molecule has 0 saturated heterocycles. The van der Waals surface area contributed by atoms with Gasteiger partial charge in [-0.3, -0.25) is 0 Å². The van der Waals surface area contributed by atoms with Crippen molar-refractivity contribution in [2.45, 2.75) is 20.3 Å². The molecule has 16 heavy (non-hydrogen) atoms. The minimum atomic E-state index is -0.498. The molecule has 0 spiro atoms. The van der Waals surface area contributed by atoms with Crippen molar-refractivity contribution >= 4 is 23.1 Å². The molecule has 0 fully saturated rings. The number of esters is 1. The molecule has 0 saturated carbocycles. The van der Waals surface area contributed by atoms with Crippen molar-refractivity contribution < 1.29 is 9.53 Å². The minimum absolute atomic E-state index is 0.187. The summed E-state index contributed by atoms with van der Waals surface area (Å²) in [5.41, 5.74) is 7.18. The second-order valence-electron chi connectivity index (χ2n) is 3.32. The number of hydrogen-bond acceptors (Lipinski definition) is 5. The molecule has 0 amide bonds. The first kappa shape index (κ1) is 12.4. The lowest BCUT2D eigenvalue weighted by molar-refractivity contribution is -0.138. The maximum atomic E-state index is 11.6. The molecule has 84 valence electrons. The van der Waals surface area contributed by atoms with Gasteiger partial charge in [0.25, 0.3) is 0 Å². The van der Waals surface area contributed by atoms with Crippen LogP contribution in [0.5, 0.6) is 0 Å². The van der Waals surface area contributed by atoms with Gasteiger partial charge in [-0.2, -0.15) is 5.26 Å². The fourth-order valence-electron chi connectivity index (χ4n) is 1.43. The molecule has 0 aromatic carbocycles. The lowest BCUT2D eigenvalue weighted by Crippen LogP contribution is -2.22. The van der Waals surface area contributed by atoms with Crippen molar-refractivity contribution in [3.05, 3.63) is 22.4 Å². The van der Waals surface area contributed by atoms with Gasteiger partial charge in [0.1, 0.15) is 6.07 Å². The molecule has 0 radical (unpaired) electrons. The van der Waals surface area contributed by atoms with Crippen LogP contribution in [0.2, 0.25) is 0 Å². The van der Waals surface area contributed by atoms with E-state index in [-0.39, 0.29) is 29.9 Å². The highest BCUT2D eigenvalue weighted by molar-refractivity contribution is 7.80. The Morgan fingerprint density at radius 2 is 2.31 bits per heavy atom. The highest BCUT2D eigenvalue weighted by Crippen LogP contribution is 2.26. The second-order valence-corrected chi connectivity index (χ2v) is 3.82. The predicted octanol–water partition coefficient (Wildman–Crippen LogP) is 1.38. The van der Waals surface area contributed by atoms with E-state index in [1.54, 1.807) is 13.8 Å². The number of nitrogens with zero attached hydrogens (tertiary/aromatic N) is 1. The third kappa shape index (κ3) is 2.12. The molecule has 0 aromatic rings. The van der Waals surface area contributed by atoms with Gasteiger partial charge in [-0.25, -0.2) is 4.79 Å². The van der Waals surface area contributed by atoms with E-state index >= 15 is 0 Å². The van der Waals surface area contributed by atoms with Crippen LogP contribution in [-0.4, -0.2) is 17.4 Å². The fourth-order valence-corrected chi connectivity index (χ4v) is 1.67. The molecule has 0 atom stereocenters. The van der Waals surface area contributed by atoms with Crippen molar-refractivity contribution in [2.24, 2.45) is 5.73 Å². The standard InChI is InChI=1S/C11H12N2O2S/c1-3-15-11(14)7-4-9(16)6(2)8(5-12)10(7)13/h3-4,13H2,1-2H3. The van der Waals surface area contributed by atoms with Crippen LogP contribution >= 0.6 is 12.2 Å². The van der Waals surface area contributed by atoms with Gasteiger partial charge in [-0.1, -0.05) is 12.2 Å². The third-order valence-electron chi connectivity index (χ3n) is 2.36. The first-order valence-electron chi connectivity index (χ1n) is 4.83. The Labute approximate surface area is 99.4 Å². The van der Waals surface area contributed by atoms with E-state index in [4.69, 9.17) is 28.0 Å². The number of thiocarbonyl (C=S) groups is 1. The lowest BCUT2D eigenvalue weighted by Gasteiger charge is -2.18. The van der Waals surface area contributed by atoms with E-state index in [1.807, 2.05) is 6.07 Å². The van der Waals surface area contributed by atoms with Gasteiger partial charge >= 0.3 is 5.97 Å². The first-order valence-corrected chi connectivity index (χ1v) is 5.24. The molecule has 1 aliphatic carbocycles. The minimum Gasteiger partial charge on any atom is -0.463 e. The molecule has 2 N–H and O–H groups in total. The van der Waals surface area contributed by atoms with E-state index < -0.39 is 5.97 Å².